The Morgan fingerprint density at radius 2 is 2.12 bits per heavy atom. The number of benzene rings is 1. The van der Waals surface area contributed by atoms with Gasteiger partial charge in [-0.3, -0.25) is 0 Å². The minimum atomic E-state index is -0.236. The van der Waals surface area contributed by atoms with Crippen LogP contribution in [0.15, 0.2) is 24.3 Å². The van der Waals surface area contributed by atoms with Crippen molar-refractivity contribution in [3.63, 3.8) is 0 Å². The highest BCUT2D eigenvalue weighted by Crippen LogP contribution is 2.29. The smallest absolute Gasteiger partial charge is 0.348 e. The van der Waals surface area contributed by atoms with Gasteiger partial charge in [0, 0.05) is 24.5 Å². The number of fused-ring (bicyclic) bond motifs is 1. The highest BCUT2D eigenvalue weighted by molar-refractivity contribution is 7.20. The van der Waals surface area contributed by atoms with Gasteiger partial charge in [-0.05, 0) is 36.6 Å². The first-order valence-electron chi connectivity index (χ1n) is 5.50. The lowest BCUT2D eigenvalue weighted by molar-refractivity contribution is 0.0532. The first-order valence-corrected chi connectivity index (χ1v) is 6.31. The molecule has 0 atom stereocenters. The van der Waals surface area contributed by atoms with Gasteiger partial charge in [0.1, 0.15) is 4.88 Å². The fraction of sp³-hybridized carbons (Fsp3) is 0.308. The number of rotatable bonds is 3. The predicted molar refractivity (Wildman–Crippen MR) is 72.1 cm³/mol. The summed E-state index contributed by atoms with van der Waals surface area (Å²) in [7, 11) is 4.00. The lowest BCUT2D eigenvalue weighted by Gasteiger charge is -2.11. The molecule has 0 N–H and O–H groups in total. The van der Waals surface area contributed by atoms with Crippen LogP contribution in [-0.4, -0.2) is 26.7 Å². The van der Waals surface area contributed by atoms with Crippen LogP contribution < -0.4 is 4.90 Å². The van der Waals surface area contributed by atoms with Crippen molar-refractivity contribution in [1.29, 1.82) is 0 Å². The summed E-state index contributed by atoms with van der Waals surface area (Å²) in [5.74, 6) is -0.236. The molecule has 0 fully saturated rings. The van der Waals surface area contributed by atoms with Crippen LogP contribution >= 0.6 is 11.3 Å². The number of nitrogens with zero attached hydrogens (tertiary/aromatic N) is 1. The molecule has 0 radical (unpaired) electrons. The molecule has 0 saturated carbocycles. The Balaban J connectivity index is 2.40. The zero-order valence-electron chi connectivity index (χ0n) is 10.2. The molecule has 1 aromatic heterocycles. The van der Waals surface area contributed by atoms with Gasteiger partial charge in [-0.1, -0.05) is 0 Å². The van der Waals surface area contributed by atoms with Crippen molar-refractivity contribution in [3.05, 3.63) is 29.1 Å². The van der Waals surface area contributed by atoms with Crippen LogP contribution in [0.2, 0.25) is 0 Å². The van der Waals surface area contributed by atoms with Crippen LogP contribution in [0.1, 0.15) is 16.6 Å². The second kappa shape index (κ2) is 4.75. The summed E-state index contributed by atoms with van der Waals surface area (Å²) >= 11 is 1.47. The van der Waals surface area contributed by atoms with Gasteiger partial charge < -0.3 is 9.64 Å². The average Bonchev–Trinajstić information content (AvgIpc) is 2.71. The molecular weight excluding hydrogens is 234 g/mol. The van der Waals surface area contributed by atoms with E-state index in [9.17, 15) is 4.79 Å². The Bertz CT molecular complexity index is 545. The summed E-state index contributed by atoms with van der Waals surface area (Å²) in [6.07, 6.45) is 0. The van der Waals surface area contributed by atoms with Gasteiger partial charge in [-0.2, -0.15) is 0 Å². The summed E-state index contributed by atoms with van der Waals surface area (Å²) in [6, 6.07) is 8.06. The molecule has 90 valence electrons. The Morgan fingerprint density at radius 3 is 2.76 bits per heavy atom. The second-order valence-corrected chi connectivity index (χ2v) is 5.03. The topological polar surface area (TPSA) is 29.5 Å². The van der Waals surface area contributed by atoms with Crippen molar-refractivity contribution in [2.24, 2.45) is 0 Å². The van der Waals surface area contributed by atoms with Crippen molar-refractivity contribution >= 4 is 33.1 Å². The first kappa shape index (κ1) is 11.9. The van der Waals surface area contributed by atoms with Crippen molar-refractivity contribution in [3.8, 4) is 0 Å². The van der Waals surface area contributed by atoms with E-state index in [1.54, 1.807) is 0 Å². The zero-order valence-corrected chi connectivity index (χ0v) is 11.0. The molecular formula is C13H15NO2S. The summed E-state index contributed by atoms with van der Waals surface area (Å²) < 4.78 is 6.11. The minimum absolute atomic E-state index is 0.236. The van der Waals surface area contributed by atoms with E-state index in [0.717, 1.165) is 15.8 Å². The third kappa shape index (κ3) is 2.42. The van der Waals surface area contributed by atoms with Gasteiger partial charge in [0.15, 0.2) is 0 Å². The SMILES string of the molecule is CCOC(=O)c1cc2cc(N(C)C)ccc2s1. The van der Waals surface area contributed by atoms with Crippen molar-refractivity contribution in [1.82, 2.24) is 0 Å². The lowest BCUT2D eigenvalue weighted by Crippen LogP contribution is -2.07. The fourth-order valence-corrected chi connectivity index (χ4v) is 2.55. The van der Waals surface area contributed by atoms with E-state index in [-0.39, 0.29) is 5.97 Å². The normalized spacial score (nSPS) is 10.5. The molecule has 0 bridgehead atoms. The Hall–Kier alpha value is -1.55. The van der Waals surface area contributed by atoms with E-state index in [1.807, 2.05) is 44.1 Å². The van der Waals surface area contributed by atoms with Crippen LogP contribution in [-0.2, 0) is 4.74 Å². The highest BCUT2D eigenvalue weighted by Gasteiger charge is 2.11. The molecule has 1 aromatic carbocycles. The van der Waals surface area contributed by atoms with E-state index < -0.39 is 0 Å². The summed E-state index contributed by atoms with van der Waals surface area (Å²) in [5, 5.41) is 1.09. The highest BCUT2D eigenvalue weighted by atomic mass is 32.1. The van der Waals surface area contributed by atoms with E-state index in [4.69, 9.17) is 4.74 Å². The molecule has 0 spiro atoms. The molecule has 0 aliphatic heterocycles. The summed E-state index contributed by atoms with van der Waals surface area (Å²) in [5.41, 5.74) is 1.13. The van der Waals surface area contributed by atoms with E-state index in [2.05, 4.69) is 6.07 Å². The fourth-order valence-electron chi connectivity index (χ4n) is 1.61. The molecule has 2 rings (SSSR count). The lowest BCUT2D eigenvalue weighted by atomic mass is 10.2. The van der Waals surface area contributed by atoms with Gasteiger partial charge in [-0.15, -0.1) is 11.3 Å². The Labute approximate surface area is 105 Å². The number of hydrogen-bond donors (Lipinski definition) is 0. The summed E-state index contributed by atoms with van der Waals surface area (Å²) in [6.45, 7) is 2.23. The molecule has 2 aromatic rings. The molecule has 3 nitrogen and oxygen atoms in total. The number of hydrogen-bond acceptors (Lipinski definition) is 4. The van der Waals surface area contributed by atoms with Crippen LogP contribution in [0.25, 0.3) is 10.1 Å². The maximum atomic E-state index is 11.6. The standard InChI is InChI=1S/C13H15NO2S/c1-4-16-13(15)12-8-9-7-10(14(2)3)5-6-11(9)17-12/h5-8H,4H2,1-3H3. The maximum absolute atomic E-state index is 11.6. The minimum Gasteiger partial charge on any atom is -0.462 e. The van der Waals surface area contributed by atoms with Crippen molar-refractivity contribution in [2.75, 3.05) is 25.6 Å². The monoisotopic (exact) mass is 249 g/mol. The second-order valence-electron chi connectivity index (χ2n) is 3.95. The number of thiophene rings is 1. The van der Waals surface area contributed by atoms with Gasteiger partial charge in [0.25, 0.3) is 0 Å². The Morgan fingerprint density at radius 1 is 1.35 bits per heavy atom. The molecule has 0 aliphatic rings. The van der Waals surface area contributed by atoms with Crippen molar-refractivity contribution in [2.45, 2.75) is 6.92 Å². The van der Waals surface area contributed by atoms with E-state index in [1.165, 1.54) is 11.3 Å². The molecule has 0 unspecified atom stereocenters. The third-order valence-electron chi connectivity index (χ3n) is 2.49. The van der Waals surface area contributed by atoms with Crippen molar-refractivity contribution < 1.29 is 9.53 Å². The van der Waals surface area contributed by atoms with Gasteiger partial charge in [-0.25, -0.2) is 4.79 Å². The maximum Gasteiger partial charge on any atom is 0.348 e. The van der Waals surface area contributed by atoms with Crippen LogP contribution in [0, 0.1) is 0 Å². The van der Waals surface area contributed by atoms with Gasteiger partial charge >= 0.3 is 5.97 Å². The molecule has 1 heterocycles. The van der Waals surface area contributed by atoms with E-state index >= 15 is 0 Å². The number of anilines is 1. The number of esters is 1. The van der Waals surface area contributed by atoms with Crippen LogP contribution in [0.4, 0.5) is 5.69 Å². The summed E-state index contributed by atoms with van der Waals surface area (Å²) in [4.78, 5) is 14.3. The Kier molecular flexibility index (Phi) is 3.33. The first-order chi connectivity index (χ1) is 8.11. The third-order valence-corrected chi connectivity index (χ3v) is 3.59. The molecule has 17 heavy (non-hydrogen) atoms. The number of carbonyl (C=O) groups excluding carboxylic acids is 1. The number of carbonyl (C=O) groups is 1. The molecule has 0 aliphatic carbocycles. The largest absolute Gasteiger partial charge is 0.462 e. The molecule has 4 heteroatoms. The van der Waals surface area contributed by atoms with Crippen LogP contribution in [0.5, 0.6) is 0 Å². The quantitative estimate of drug-likeness (QED) is 0.783. The molecule has 0 amide bonds. The zero-order chi connectivity index (χ0) is 12.4. The number of ether oxygens (including phenoxy) is 1. The van der Waals surface area contributed by atoms with Gasteiger partial charge in [0.2, 0.25) is 0 Å². The molecule has 0 saturated heterocycles. The van der Waals surface area contributed by atoms with Gasteiger partial charge in [0.05, 0.1) is 6.61 Å². The average molecular weight is 249 g/mol. The predicted octanol–water partition coefficient (Wildman–Crippen LogP) is 3.14. The van der Waals surface area contributed by atoms with E-state index in [0.29, 0.717) is 11.5 Å². The van der Waals surface area contributed by atoms with Crippen LogP contribution in [0.3, 0.4) is 0 Å².